The van der Waals surface area contributed by atoms with Gasteiger partial charge in [0.2, 0.25) is 5.91 Å². The molecule has 21 heteroatoms. The van der Waals surface area contributed by atoms with Gasteiger partial charge in [0.1, 0.15) is 58.7 Å². The fourth-order valence-corrected chi connectivity index (χ4v) is 13.5. The summed E-state index contributed by atoms with van der Waals surface area (Å²) in [5.41, 5.74) is 6.55. The second-order valence-corrected chi connectivity index (χ2v) is 26.0. The summed E-state index contributed by atoms with van der Waals surface area (Å²) in [4.78, 5) is 89.1. The van der Waals surface area contributed by atoms with Crippen molar-refractivity contribution in [2.24, 2.45) is 11.8 Å². The van der Waals surface area contributed by atoms with Crippen LogP contribution in [0.2, 0.25) is 0 Å². The highest BCUT2D eigenvalue weighted by molar-refractivity contribution is 5.98. The van der Waals surface area contributed by atoms with Crippen molar-refractivity contribution in [1.82, 2.24) is 34.9 Å². The van der Waals surface area contributed by atoms with E-state index in [4.69, 9.17) is 9.97 Å². The van der Waals surface area contributed by atoms with E-state index in [1.165, 1.54) is 79.4 Å². The van der Waals surface area contributed by atoms with Crippen LogP contribution in [0.4, 0.5) is 59.4 Å². The average molecular weight is 1350 g/mol. The molecule has 14 nitrogen and oxygen atoms in total. The van der Waals surface area contributed by atoms with Crippen molar-refractivity contribution in [2.45, 2.75) is 176 Å². The molecule has 14 rings (SSSR count). The van der Waals surface area contributed by atoms with Crippen LogP contribution in [0.5, 0.6) is 0 Å². The molecule has 3 aliphatic carbocycles. The van der Waals surface area contributed by atoms with Crippen LogP contribution in [-0.4, -0.2) is 89.6 Å². The molecule has 0 N–H and O–H groups in total. The molecule has 3 aromatic carbocycles. The van der Waals surface area contributed by atoms with Gasteiger partial charge < -0.3 is 14.7 Å². The van der Waals surface area contributed by atoms with Crippen molar-refractivity contribution < 1.29 is 49.9 Å². The summed E-state index contributed by atoms with van der Waals surface area (Å²) in [6.07, 6.45) is 8.03. The number of nitrogens with zero attached hydrogens (tertiary/aromatic N) is 10. The van der Waals surface area contributed by atoms with Gasteiger partial charge >= 0.3 is 0 Å². The van der Waals surface area contributed by atoms with Crippen molar-refractivity contribution in [3.05, 3.63) is 214 Å². The van der Waals surface area contributed by atoms with Crippen LogP contribution in [0, 0.1) is 43.1 Å². The number of hydrogen-bond acceptors (Lipinski definition) is 13. The number of aryl methyl sites for hydroxylation is 5. The lowest BCUT2D eigenvalue weighted by Crippen LogP contribution is -2.55. The van der Waals surface area contributed by atoms with Crippen LogP contribution < -0.4 is 14.7 Å². The molecule has 0 spiro atoms. The molecule has 0 saturated heterocycles. The SMILES string of the molecule is C.C.C.C.CC(C)C(C(=O)Cc1ccc(F)cc1)c1ccc2c(n1)CCCN2C(=O)C1CC1.Cc1cc(N2CCCc3nc(C4(C(=O)Cc5ccc(F)cc5)CC(F)(F)C4)ccc32)ncn1.Cc1cc(N2CCCc3nc(C4(C(=O)Cc5ccc(F)cc5)CC4(F)F)ccc32)ncn1. The normalized spacial score (nSPS) is 18.2. The molecule has 98 heavy (non-hydrogen) atoms. The molecule has 8 aromatic rings. The topological polar surface area (TPSA) is 168 Å². The number of carbonyl (C=O) groups is 4. The number of halogens is 7. The molecule has 2 atom stereocenters. The van der Waals surface area contributed by atoms with E-state index in [1.807, 2.05) is 72.7 Å². The first kappa shape index (κ1) is 74.6. The van der Waals surface area contributed by atoms with Gasteiger partial charge in [-0.3, -0.25) is 34.1 Å². The molecule has 0 bridgehead atoms. The molecule has 1 amide bonds. The highest BCUT2D eigenvalue weighted by Gasteiger charge is 2.77. The van der Waals surface area contributed by atoms with Crippen LogP contribution in [0.25, 0.3) is 0 Å². The molecule has 3 fully saturated rings. The second kappa shape index (κ2) is 30.3. The Morgan fingerprint density at radius 2 is 0.939 bits per heavy atom. The zero-order valence-electron chi connectivity index (χ0n) is 52.7. The minimum absolute atomic E-state index is 0. The first-order chi connectivity index (χ1) is 45.0. The van der Waals surface area contributed by atoms with E-state index in [0.717, 1.165) is 121 Å². The van der Waals surface area contributed by atoms with Crippen molar-refractivity contribution >= 4 is 52.0 Å². The molecule has 2 unspecified atom stereocenters. The summed E-state index contributed by atoms with van der Waals surface area (Å²) in [7, 11) is 0. The maximum Gasteiger partial charge on any atom is 0.267 e. The predicted molar refractivity (Wildman–Crippen MR) is 367 cm³/mol. The lowest BCUT2D eigenvalue weighted by atomic mass is 9.60. The summed E-state index contributed by atoms with van der Waals surface area (Å²) in [6.45, 7) is 10.1. The lowest BCUT2D eigenvalue weighted by molar-refractivity contribution is -0.157. The molecule has 3 saturated carbocycles. The summed E-state index contributed by atoms with van der Waals surface area (Å²) in [6, 6.07) is 31.5. The summed E-state index contributed by atoms with van der Waals surface area (Å²) < 4.78 is 97.0. The maximum atomic E-state index is 14.6. The van der Waals surface area contributed by atoms with Crippen LogP contribution in [-0.2, 0) is 68.5 Å². The number of Topliss-reactive ketones (excluding diaryl/α,β-unsaturated/α-hetero) is 3. The average Bonchev–Trinajstić information content (AvgIpc) is 1.47. The third-order valence-electron chi connectivity index (χ3n) is 18.7. The largest absolute Gasteiger partial charge is 0.325 e. The van der Waals surface area contributed by atoms with Gasteiger partial charge in [-0.2, -0.15) is 0 Å². The Kier molecular flexibility index (Phi) is 23.1. The Morgan fingerprint density at radius 3 is 1.39 bits per heavy atom. The van der Waals surface area contributed by atoms with Crippen LogP contribution in [0.1, 0.15) is 163 Å². The number of amides is 1. The highest BCUT2D eigenvalue weighted by atomic mass is 19.3. The monoisotopic (exact) mass is 1350 g/mol. The fourth-order valence-electron chi connectivity index (χ4n) is 13.5. The number of carbonyl (C=O) groups excluding carboxylic acids is 4. The van der Waals surface area contributed by atoms with Crippen LogP contribution in [0.3, 0.4) is 0 Å². The van der Waals surface area contributed by atoms with Crippen molar-refractivity contribution in [3.8, 4) is 0 Å². The highest BCUT2D eigenvalue weighted by Crippen LogP contribution is 2.62. The third-order valence-corrected chi connectivity index (χ3v) is 18.7. The van der Waals surface area contributed by atoms with E-state index in [9.17, 15) is 49.9 Å². The molecular weight excluding hydrogens is 1260 g/mol. The van der Waals surface area contributed by atoms with Gasteiger partial charge in [-0.05, 0) is 161 Å². The lowest BCUT2D eigenvalue weighted by Gasteiger charge is -2.46. The molecular formula is C77H87F7N10O4. The van der Waals surface area contributed by atoms with Gasteiger partial charge in [-0.15, -0.1) is 0 Å². The number of pyridine rings is 3. The van der Waals surface area contributed by atoms with E-state index in [-0.39, 0.29) is 95.7 Å². The number of benzene rings is 3. The van der Waals surface area contributed by atoms with Crippen molar-refractivity contribution in [1.29, 1.82) is 0 Å². The number of alkyl halides is 4. The minimum atomic E-state index is -3.15. The zero-order chi connectivity index (χ0) is 66.3. The standard InChI is InChI=1S/C25H23F3N4O.C24H21F3N4O.C24H27FN2O2.4CH4/c1-16-11-23(30-15-29-16)32-10-2-3-19-20(32)8-9-21(31-19)24(13-25(27,28)14-24)22(33)12-17-4-6-18(26)7-5-17;1-15-11-22(29-14-28-15)31-10-2-3-18-19(31)8-9-20(30-18)23(13-24(23,26)27)21(32)12-16-4-6-17(25)7-5-16;1-15(2)23(22(28)14-16-5-9-18(25)10-6-16)20-11-12-21-19(26-20)4-3-13-27(21)24(29)17-7-8-17;;;;/h4-9,11,15H,2-3,10,12-14H2,1H3;4-9,11,14H,2-3,10,12-13H2,1H3;5-6,9-12,15,17,23H,3-4,7-8,13-14H2,1-2H3;4*1H4. The summed E-state index contributed by atoms with van der Waals surface area (Å²) in [5.74, 6) is -6.36. The number of aromatic nitrogens is 7. The van der Waals surface area contributed by atoms with Gasteiger partial charge in [-0.25, -0.2) is 50.7 Å². The number of anilines is 5. The molecule has 5 aromatic heterocycles. The zero-order valence-corrected chi connectivity index (χ0v) is 52.7. The van der Waals surface area contributed by atoms with Gasteiger partial charge in [0, 0.05) is 87.6 Å². The van der Waals surface area contributed by atoms with Gasteiger partial charge in [0.05, 0.1) is 62.6 Å². The van der Waals surface area contributed by atoms with Gasteiger partial charge in [-0.1, -0.05) is 80.0 Å². The Hall–Kier alpha value is -9.14. The van der Waals surface area contributed by atoms with Crippen LogP contribution in [0.15, 0.2) is 134 Å². The molecule has 0 radical (unpaired) electrons. The van der Waals surface area contributed by atoms with Crippen LogP contribution >= 0.6 is 0 Å². The van der Waals surface area contributed by atoms with E-state index in [2.05, 4.69) is 24.9 Å². The Balaban J connectivity index is 0.000000184. The number of rotatable bonds is 16. The van der Waals surface area contributed by atoms with E-state index < -0.39 is 59.4 Å². The smallest absolute Gasteiger partial charge is 0.267 e. The molecule has 518 valence electrons. The number of fused-ring (bicyclic) bond motifs is 3. The van der Waals surface area contributed by atoms with Gasteiger partial charge in [0.25, 0.3) is 11.8 Å². The first-order valence-corrected chi connectivity index (χ1v) is 32.0. The van der Waals surface area contributed by atoms with Crippen molar-refractivity contribution in [2.75, 3.05) is 34.3 Å². The Morgan fingerprint density at radius 1 is 0.510 bits per heavy atom. The molecule has 6 aliphatic rings. The third kappa shape index (κ3) is 15.7. The van der Waals surface area contributed by atoms with E-state index in [1.54, 1.807) is 24.3 Å². The Labute approximate surface area is 570 Å². The van der Waals surface area contributed by atoms with Gasteiger partial charge in [0.15, 0.2) is 5.78 Å². The molecule has 3 aliphatic heterocycles. The first-order valence-electron chi connectivity index (χ1n) is 32.0. The minimum Gasteiger partial charge on any atom is -0.325 e. The predicted octanol–water partition coefficient (Wildman–Crippen LogP) is 16.4. The molecule has 8 heterocycles. The summed E-state index contributed by atoms with van der Waals surface area (Å²) >= 11 is 0. The second-order valence-electron chi connectivity index (χ2n) is 26.0. The summed E-state index contributed by atoms with van der Waals surface area (Å²) in [5, 5.41) is 0. The Bertz CT molecular complexity index is 4160. The number of hydrogen-bond donors (Lipinski definition) is 0. The quantitative estimate of drug-likeness (QED) is 0.0839. The number of ketones is 3. The van der Waals surface area contributed by atoms with E-state index in [0.29, 0.717) is 35.4 Å². The van der Waals surface area contributed by atoms with E-state index >= 15 is 0 Å². The fraction of sp³-hybridized carbons (Fsp3) is 0.416. The maximum absolute atomic E-state index is 14.6. The van der Waals surface area contributed by atoms with Crippen molar-refractivity contribution in [3.63, 3.8) is 0 Å².